The summed E-state index contributed by atoms with van der Waals surface area (Å²) in [5.41, 5.74) is 2.39. The van der Waals surface area contributed by atoms with E-state index in [1.807, 2.05) is 26.0 Å². The number of amides is 1. The van der Waals surface area contributed by atoms with Gasteiger partial charge in [0, 0.05) is 18.2 Å². The van der Waals surface area contributed by atoms with E-state index in [-0.39, 0.29) is 12.5 Å². The Morgan fingerprint density at radius 1 is 1.53 bits per heavy atom. The maximum Gasteiger partial charge on any atom is 0.250 e. The molecule has 0 bridgehead atoms. The molecule has 2 aromatic rings. The Bertz CT molecular complexity index is 614. The summed E-state index contributed by atoms with van der Waals surface area (Å²) in [5, 5.41) is 4.11. The highest BCUT2D eigenvalue weighted by molar-refractivity contribution is 6.35. The van der Waals surface area contributed by atoms with Crippen molar-refractivity contribution >= 4 is 34.1 Å². The number of hydrogen-bond acceptors (Lipinski definition) is 3. The molecule has 0 unspecified atom stereocenters. The standard InChI is InChI=1S/C14H15ClN2O2/c1-3-19-8-12(18)17-14-10-5-4-6-16-13(10)9(2)7-11(14)15/h4-7H,3,8H2,1-2H3,(H,17,18). The first-order chi connectivity index (χ1) is 9.13. The number of carbonyl (C=O) groups excluding carboxylic acids is 1. The van der Waals surface area contributed by atoms with Crippen LogP contribution >= 0.6 is 11.6 Å². The van der Waals surface area contributed by atoms with Gasteiger partial charge < -0.3 is 10.1 Å². The van der Waals surface area contributed by atoms with Gasteiger partial charge >= 0.3 is 0 Å². The van der Waals surface area contributed by atoms with E-state index in [9.17, 15) is 4.79 Å². The van der Waals surface area contributed by atoms with Crippen molar-refractivity contribution in [1.82, 2.24) is 4.98 Å². The maximum atomic E-state index is 11.7. The molecule has 100 valence electrons. The molecular formula is C14H15ClN2O2. The highest BCUT2D eigenvalue weighted by atomic mass is 35.5. The fourth-order valence-electron chi connectivity index (χ4n) is 1.88. The molecule has 1 heterocycles. The number of aromatic nitrogens is 1. The fourth-order valence-corrected chi connectivity index (χ4v) is 2.19. The first-order valence-corrected chi connectivity index (χ1v) is 6.42. The average molecular weight is 279 g/mol. The van der Waals surface area contributed by atoms with Gasteiger partial charge in [-0.15, -0.1) is 0 Å². The number of ether oxygens (including phenoxy) is 1. The molecule has 0 saturated heterocycles. The Balaban J connectivity index is 2.39. The number of anilines is 1. The summed E-state index contributed by atoms with van der Waals surface area (Å²) in [7, 11) is 0. The van der Waals surface area contributed by atoms with Crippen LogP contribution in [0.5, 0.6) is 0 Å². The Morgan fingerprint density at radius 2 is 2.32 bits per heavy atom. The number of hydrogen-bond donors (Lipinski definition) is 1. The lowest BCUT2D eigenvalue weighted by molar-refractivity contribution is -0.120. The summed E-state index contributed by atoms with van der Waals surface area (Å²) in [4.78, 5) is 16.0. The number of carbonyl (C=O) groups is 1. The summed E-state index contributed by atoms with van der Waals surface area (Å²) in [6.45, 7) is 4.29. The molecule has 0 aliphatic heterocycles. The zero-order chi connectivity index (χ0) is 13.8. The van der Waals surface area contributed by atoms with Crippen LogP contribution in [0, 0.1) is 6.92 Å². The number of halogens is 1. The predicted octanol–water partition coefficient (Wildman–Crippen LogP) is 3.17. The second-order valence-corrected chi connectivity index (χ2v) is 4.54. The van der Waals surface area contributed by atoms with Gasteiger partial charge in [-0.25, -0.2) is 0 Å². The van der Waals surface area contributed by atoms with E-state index < -0.39 is 0 Å². The summed E-state index contributed by atoms with van der Waals surface area (Å²) in [5.74, 6) is -0.224. The summed E-state index contributed by atoms with van der Waals surface area (Å²) >= 11 is 6.20. The third-order valence-electron chi connectivity index (χ3n) is 2.73. The van der Waals surface area contributed by atoms with Crippen molar-refractivity contribution in [3.8, 4) is 0 Å². The molecular weight excluding hydrogens is 264 g/mol. The van der Waals surface area contributed by atoms with Crippen LogP contribution in [0.15, 0.2) is 24.4 Å². The lowest BCUT2D eigenvalue weighted by Gasteiger charge is -2.12. The molecule has 0 aliphatic rings. The second-order valence-electron chi connectivity index (χ2n) is 4.14. The van der Waals surface area contributed by atoms with Crippen LogP contribution in [0.3, 0.4) is 0 Å². The minimum Gasteiger partial charge on any atom is -0.372 e. The molecule has 0 saturated carbocycles. The molecule has 1 N–H and O–H groups in total. The Labute approximate surface area is 116 Å². The number of aryl methyl sites for hydroxylation is 1. The van der Waals surface area contributed by atoms with Gasteiger partial charge in [0.15, 0.2) is 0 Å². The number of fused-ring (bicyclic) bond motifs is 1. The van der Waals surface area contributed by atoms with Crippen LogP contribution in [-0.4, -0.2) is 24.1 Å². The van der Waals surface area contributed by atoms with Crippen molar-refractivity contribution < 1.29 is 9.53 Å². The molecule has 1 aromatic heterocycles. The molecule has 5 heteroatoms. The largest absolute Gasteiger partial charge is 0.372 e. The molecule has 19 heavy (non-hydrogen) atoms. The monoisotopic (exact) mass is 278 g/mol. The number of nitrogens with one attached hydrogen (secondary N) is 1. The van der Waals surface area contributed by atoms with Gasteiger partial charge in [-0.2, -0.15) is 0 Å². The number of nitrogens with zero attached hydrogens (tertiary/aromatic N) is 1. The molecule has 0 fully saturated rings. The smallest absolute Gasteiger partial charge is 0.250 e. The quantitative estimate of drug-likeness (QED) is 0.934. The lowest BCUT2D eigenvalue weighted by Crippen LogP contribution is -2.18. The van der Waals surface area contributed by atoms with Crippen LogP contribution in [0.25, 0.3) is 10.9 Å². The van der Waals surface area contributed by atoms with Gasteiger partial charge in [0.2, 0.25) is 5.91 Å². The first-order valence-electron chi connectivity index (χ1n) is 6.05. The number of pyridine rings is 1. The normalized spacial score (nSPS) is 10.7. The van der Waals surface area contributed by atoms with Crippen LogP contribution in [-0.2, 0) is 9.53 Å². The molecule has 1 amide bonds. The third kappa shape index (κ3) is 3.03. The zero-order valence-corrected chi connectivity index (χ0v) is 11.6. The number of benzene rings is 1. The van der Waals surface area contributed by atoms with Crippen LogP contribution < -0.4 is 5.32 Å². The molecule has 2 rings (SSSR count). The van der Waals surface area contributed by atoms with Crippen LogP contribution in [0.2, 0.25) is 5.02 Å². The van der Waals surface area contributed by atoms with Crippen molar-refractivity contribution in [3.63, 3.8) is 0 Å². The second kappa shape index (κ2) is 5.99. The van der Waals surface area contributed by atoms with Crippen molar-refractivity contribution in [2.45, 2.75) is 13.8 Å². The van der Waals surface area contributed by atoms with Gasteiger partial charge in [-0.1, -0.05) is 11.6 Å². The van der Waals surface area contributed by atoms with Crippen molar-refractivity contribution in [3.05, 3.63) is 35.0 Å². The average Bonchev–Trinajstić information content (AvgIpc) is 2.41. The van der Waals surface area contributed by atoms with Gasteiger partial charge in [0.25, 0.3) is 0 Å². The Morgan fingerprint density at radius 3 is 3.05 bits per heavy atom. The van der Waals surface area contributed by atoms with E-state index >= 15 is 0 Å². The molecule has 4 nitrogen and oxygen atoms in total. The Hall–Kier alpha value is -1.65. The molecule has 0 atom stereocenters. The van der Waals surface area contributed by atoms with Crippen molar-refractivity contribution in [2.24, 2.45) is 0 Å². The number of rotatable bonds is 4. The minimum absolute atomic E-state index is 0.0163. The molecule has 0 spiro atoms. The van der Waals surface area contributed by atoms with E-state index in [2.05, 4.69) is 10.3 Å². The van der Waals surface area contributed by atoms with Crippen LogP contribution in [0.4, 0.5) is 5.69 Å². The van der Waals surface area contributed by atoms with Gasteiger partial charge in [0.05, 0.1) is 16.2 Å². The van der Waals surface area contributed by atoms with E-state index in [0.29, 0.717) is 17.3 Å². The molecule has 1 aromatic carbocycles. The zero-order valence-electron chi connectivity index (χ0n) is 10.9. The molecule has 0 radical (unpaired) electrons. The fraction of sp³-hybridized carbons (Fsp3) is 0.286. The first kappa shape index (κ1) is 13.8. The van der Waals surface area contributed by atoms with E-state index in [0.717, 1.165) is 16.5 Å². The summed E-state index contributed by atoms with van der Waals surface area (Å²) in [6.07, 6.45) is 1.72. The predicted molar refractivity (Wildman–Crippen MR) is 76.6 cm³/mol. The SMILES string of the molecule is CCOCC(=O)Nc1c(Cl)cc(C)c2ncccc12. The van der Waals surface area contributed by atoms with Crippen molar-refractivity contribution in [1.29, 1.82) is 0 Å². The van der Waals surface area contributed by atoms with E-state index in [4.69, 9.17) is 16.3 Å². The lowest BCUT2D eigenvalue weighted by atomic mass is 10.1. The van der Waals surface area contributed by atoms with E-state index in [1.54, 1.807) is 12.3 Å². The van der Waals surface area contributed by atoms with Crippen LogP contribution in [0.1, 0.15) is 12.5 Å². The summed E-state index contributed by atoms with van der Waals surface area (Å²) < 4.78 is 5.07. The third-order valence-corrected chi connectivity index (χ3v) is 3.03. The Kier molecular flexibility index (Phi) is 4.35. The van der Waals surface area contributed by atoms with E-state index in [1.165, 1.54) is 0 Å². The highest BCUT2D eigenvalue weighted by Crippen LogP contribution is 2.32. The maximum absolute atomic E-state index is 11.7. The van der Waals surface area contributed by atoms with Gasteiger partial charge in [-0.05, 0) is 37.6 Å². The summed E-state index contributed by atoms with van der Waals surface area (Å²) in [6, 6.07) is 5.50. The van der Waals surface area contributed by atoms with Gasteiger partial charge in [0.1, 0.15) is 6.61 Å². The minimum atomic E-state index is -0.224. The van der Waals surface area contributed by atoms with Gasteiger partial charge in [-0.3, -0.25) is 9.78 Å². The topological polar surface area (TPSA) is 51.2 Å². The molecule has 0 aliphatic carbocycles. The highest BCUT2D eigenvalue weighted by Gasteiger charge is 2.12. The van der Waals surface area contributed by atoms with Crippen molar-refractivity contribution in [2.75, 3.05) is 18.5 Å².